The second-order valence-corrected chi connectivity index (χ2v) is 10.7. The minimum absolute atomic E-state index is 0.0720. The van der Waals surface area contributed by atoms with E-state index < -0.39 is 57.8 Å². The third-order valence-corrected chi connectivity index (χ3v) is 6.35. The molecule has 0 saturated heterocycles. The Labute approximate surface area is 210 Å². The van der Waals surface area contributed by atoms with Gasteiger partial charge < -0.3 is 25.6 Å². The zero-order chi connectivity index (χ0) is 27.0. The summed E-state index contributed by atoms with van der Waals surface area (Å²) in [5, 5.41) is 27.9. The van der Waals surface area contributed by atoms with Crippen molar-refractivity contribution in [2.45, 2.75) is 44.1 Å². The molecule has 0 unspecified atom stereocenters. The van der Waals surface area contributed by atoms with Crippen molar-refractivity contribution in [1.29, 1.82) is 0 Å². The molecule has 15 heteroatoms. The van der Waals surface area contributed by atoms with Crippen molar-refractivity contribution in [3.05, 3.63) is 46.5 Å². The van der Waals surface area contributed by atoms with E-state index in [-0.39, 0.29) is 35.8 Å². The van der Waals surface area contributed by atoms with Crippen LogP contribution in [0.3, 0.4) is 0 Å². The molecule has 2 aromatic rings. The topological polar surface area (TPSA) is 167 Å². The molecule has 1 aromatic carbocycles. The van der Waals surface area contributed by atoms with E-state index >= 15 is 0 Å². The van der Waals surface area contributed by atoms with Crippen LogP contribution in [0.5, 0.6) is 0 Å². The highest BCUT2D eigenvalue weighted by Crippen LogP contribution is 2.19. The van der Waals surface area contributed by atoms with Gasteiger partial charge in [0.25, 0.3) is 5.91 Å². The quantitative estimate of drug-likeness (QED) is 0.239. The van der Waals surface area contributed by atoms with Gasteiger partial charge in [0.1, 0.15) is 29.5 Å². The van der Waals surface area contributed by atoms with Crippen molar-refractivity contribution >= 4 is 38.3 Å². The molecule has 2 rings (SSSR count). The Morgan fingerprint density at radius 2 is 1.72 bits per heavy atom. The van der Waals surface area contributed by atoms with E-state index in [0.717, 1.165) is 29.7 Å². The second kappa shape index (κ2) is 13.0. The Balaban J connectivity index is 2.32. The van der Waals surface area contributed by atoms with Crippen LogP contribution in [0.2, 0.25) is 0 Å². The predicted octanol–water partition coefficient (Wildman–Crippen LogP) is 0.397. The van der Waals surface area contributed by atoms with Crippen LogP contribution >= 0.6 is 11.3 Å². The predicted molar refractivity (Wildman–Crippen MR) is 128 cm³/mol. The van der Waals surface area contributed by atoms with Gasteiger partial charge in [-0.3, -0.25) is 14.3 Å². The number of carbonyl (C=O) groups is 2. The van der Waals surface area contributed by atoms with Crippen LogP contribution < -0.4 is 15.4 Å². The number of benzene rings is 1. The summed E-state index contributed by atoms with van der Waals surface area (Å²) in [5.41, 5.74) is -0.115. The highest BCUT2D eigenvalue weighted by atomic mass is 32.2. The maximum absolute atomic E-state index is 13.7. The molecule has 11 nitrogen and oxygen atoms in total. The lowest BCUT2D eigenvalue weighted by atomic mass is 9.92. The van der Waals surface area contributed by atoms with Gasteiger partial charge in [0, 0.05) is 32.1 Å². The van der Waals surface area contributed by atoms with Gasteiger partial charge in [-0.1, -0.05) is 0 Å². The number of aliphatic hydroxyl groups is 2. The zero-order valence-electron chi connectivity index (χ0n) is 19.7. The third-order valence-electron chi connectivity index (χ3n) is 4.90. The van der Waals surface area contributed by atoms with Crippen molar-refractivity contribution in [1.82, 2.24) is 15.6 Å². The van der Waals surface area contributed by atoms with Crippen LogP contribution in [0.1, 0.15) is 29.4 Å². The van der Waals surface area contributed by atoms with Gasteiger partial charge in [0.05, 0.1) is 18.3 Å². The van der Waals surface area contributed by atoms with Gasteiger partial charge in [-0.2, -0.15) is 0 Å². The average molecular weight is 551 g/mol. The molecular formula is C21H28F2N4O7S2. The lowest BCUT2D eigenvalue weighted by Crippen LogP contribution is -2.56. The smallest absolute Gasteiger partial charge is 0.271 e. The Morgan fingerprint density at radius 1 is 1.11 bits per heavy atom. The summed E-state index contributed by atoms with van der Waals surface area (Å²) < 4.78 is 57.4. The zero-order valence-corrected chi connectivity index (χ0v) is 21.3. The molecule has 0 bridgehead atoms. The summed E-state index contributed by atoms with van der Waals surface area (Å²) in [6.07, 6.45) is -2.58. The SMILES string of the molecule is COCC[C@@H](NC(C)=O)[C@@H](O)[C@H](O)[C@H](Cc1cc(F)cc(F)c1)NC(=O)c1csc(NS(C)(=O)=O)n1. The molecule has 0 fully saturated rings. The van der Waals surface area contributed by atoms with E-state index in [4.69, 9.17) is 4.74 Å². The Bertz CT molecular complexity index is 1140. The standard InChI is InChI=1S/C21H28F2N4O7S2/c1-11(28)24-15(4-5-34-2)18(29)19(30)16(8-12-6-13(22)9-14(23)7-12)25-20(31)17-10-35-21(26-17)27-36(3,32)33/h6-7,9-10,15-16,18-19,29-30H,4-5,8H2,1-3H3,(H,24,28)(H,25,31)(H,26,27)/t15-,16+,18-,19-/m1/s1. The fraction of sp³-hybridized carbons (Fsp3) is 0.476. The van der Waals surface area contributed by atoms with Crippen LogP contribution in [0.15, 0.2) is 23.6 Å². The van der Waals surface area contributed by atoms with Gasteiger partial charge in [0.2, 0.25) is 15.9 Å². The molecule has 5 N–H and O–H groups in total. The fourth-order valence-electron chi connectivity index (χ4n) is 3.38. The molecule has 1 aromatic heterocycles. The average Bonchev–Trinajstić information content (AvgIpc) is 3.21. The number of hydrogen-bond acceptors (Lipinski definition) is 9. The summed E-state index contributed by atoms with van der Waals surface area (Å²) in [7, 11) is -2.22. The maximum atomic E-state index is 13.7. The molecule has 0 saturated carbocycles. The first-order valence-electron chi connectivity index (χ1n) is 10.6. The molecule has 1 heterocycles. The number of methoxy groups -OCH3 is 1. The molecule has 36 heavy (non-hydrogen) atoms. The number of anilines is 1. The highest BCUT2D eigenvalue weighted by Gasteiger charge is 2.34. The van der Waals surface area contributed by atoms with Crippen LogP contribution in [-0.4, -0.2) is 79.7 Å². The van der Waals surface area contributed by atoms with Crippen LogP contribution in [0.4, 0.5) is 13.9 Å². The Kier molecular flexibility index (Phi) is 10.7. The van der Waals surface area contributed by atoms with Gasteiger partial charge in [0.15, 0.2) is 5.13 Å². The number of hydrogen-bond donors (Lipinski definition) is 5. The van der Waals surface area contributed by atoms with Gasteiger partial charge in [-0.25, -0.2) is 22.2 Å². The Morgan fingerprint density at radius 3 is 2.28 bits per heavy atom. The van der Waals surface area contributed by atoms with Gasteiger partial charge in [-0.15, -0.1) is 11.3 Å². The van der Waals surface area contributed by atoms with E-state index in [9.17, 15) is 37.0 Å². The lowest BCUT2D eigenvalue weighted by Gasteiger charge is -2.32. The first-order chi connectivity index (χ1) is 16.8. The summed E-state index contributed by atoms with van der Waals surface area (Å²) in [6.45, 7) is 1.36. The summed E-state index contributed by atoms with van der Waals surface area (Å²) in [6, 6.07) is 0.417. The molecule has 0 aliphatic heterocycles. The number of halogens is 2. The molecule has 4 atom stereocenters. The number of ether oxygens (including phenoxy) is 1. The molecule has 2 amide bonds. The first-order valence-corrected chi connectivity index (χ1v) is 13.4. The molecule has 200 valence electrons. The molecule has 0 radical (unpaired) electrons. The normalized spacial score (nSPS) is 15.0. The van der Waals surface area contributed by atoms with Crippen molar-refractivity contribution < 1.29 is 41.7 Å². The van der Waals surface area contributed by atoms with Crippen molar-refractivity contribution in [3.63, 3.8) is 0 Å². The van der Waals surface area contributed by atoms with E-state index in [2.05, 4.69) is 20.3 Å². The number of aliphatic hydroxyl groups excluding tert-OH is 2. The number of carbonyl (C=O) groups excluding carboxylic acids is 2. The Hall–Kier alpha value is -2.72. The number of rotatable bonds is 13. The van der Waals surface area contributed by atoms with Crippen LogP contribution in [-0.2, 0) is 26.0 Å². The highest BCUT2D eigenvalue weighted by molar-refractivity contribution is 7.92. The van der Waals surface area contributed by atoms with Gasteiger partial charge in [-0.05, 0) is 30.5 Å². The molecule has 0 aliphatic rings. The van der Waals surface area contributed by atoms with Crippen molar-refractivity contribution in [2.75, 3.05) is 24.7 Å². The van der Waals surface area contributed by atoms with E-state index in [1.54, 1.807) is 0 Å². The van der Waals surface area contributed by atoms with E-state index in [1.807, 2.05) is 0 Å². The van der Waals surface area contributed by atoms with Crippen LogP contribution in [0, 0.1) is 11.6 Å². The monoisotopic (exact) mass is 550 g/mol. The lowest BCUT2D eigenvalue weighted by molar-refractivity contribution is -0.121. The van der Waals surface area contributed by atoms with Gasteiger partial charge >= 0.3 is 0 Å². The number of amides is 2. The number of thiazole rings is 1. The molecule has 0 spiro atoms. The summed E-state index contributed by atoms with van der Waals surface area (Å²) in [4.78, 5) is 28.3. The van der Waals surface area contributed by atoms with Crippen molar-refractivity contribution in [3.8, 4) is 0 Å². The molecule has 0 aliphatic carbocycles. The third kappa shape index (κ3) is 9.39. The fourth-order valence-corrected chi connectivity index (χ4v) is 4.92. The summed E-state index contributed by atoms with van der Waals surface area (Å²) >= 11 is 0.841. The maximum Gasteiger partial charge on any atom is 0.271 e. The number of nitrogens with one attached hydrogen (secondary N) is 3. The van der Waals surface area contributed by atoms with Crippen molar-refractivity contribution in [2.24, 2.45) is 0 Å². The number of nitrogens with zero attached hydrogens (tertiary/aromatic N) is 1. The second-order valence-electron chi connectivity index (χ2n) is 8.04. The minimum atomic E-state index is -3.64. The van der Waals surface area contributed by atoms with E-state index in [1.165, 1.54) is 19.4 Å². The molecular weight excluding hydrogens is 522 g/mol. The first kappa shape index (κ1) is 29.5. The largest absolute Gasteiger partial charge is 0.388 e. The van der Waals surface area contributed by atoms with Crippen LogP contribution in [0.25, 0.3) is 0 Å². The number of aromatic nitrogens is 1. The van der Waals surface area contributed by atoms with E-state index in [0.29, 0.717) is 6.07 Å². The number of sulfonamides is 1. The summed E-state index contributed by atoms with van der Waals surface area (Å²) in [5.74, 6) is -3.08. The minimum Gasteiger partial charge on any atom is -0.388 e.